The third-order valence-corrected chi connectivity index (χ3v) is 3.16. The molecule has 0 radical (unpaired) electrons. The van der Waals surface area contributed by atoms with E-state index in [9.17, 15) is 22.4 Å². The van der Waals surface area contributed by atoms with E-state index in [-0.39, 0.29) is 22.5 Å². The number of anilines is 1. The molecule has 0 atom stereocenters. The lowest BCUT2D eigenvalue weighted by molar-refractivity contribution is -0.0500. The van der Waals surface area contributed by atoms with Gasteiger partial charge in [0.2, 0.25) is 0 Å². The maximum Gasteiger partial charge on any atom is 0.387 e. The first-order valence-corrected chi connectivity index (χ1v) is 6.62. The van der Waals surface area contributed by atoms with E-state index >= 15 is 0 Å². The second kappa shape index (κ2) is 6.19. The first-order valence-electron chi connectivity index (χ1n) is 6.62. The van der Waals surface area contributed by atoms with Crippen molar-refractivity contribution in [3.63, 3.8) is 0 Å². The molecule has 0 aliphatic heterocycles. The van der Waals surface area contributed by atoms with E-state index in [1.54, 1.807) is 0 Å². The molecule has 0 fully saturated rings. The predicted molar refractivity (Wildman–Crippen MR) is 77.0 cm³/mol. The lowest BCUT2D eigenvalue weighted by Crippen LogP contribution is -2.13. The van der Waals surface area contributed by atoms with E-state index in [1.165, 1.54) is 18.3 Å². The van der Waals surface area contributed by atoms with Crippen LogP contribution in [-0.4, -0.2) is 22.5 Å². The number of H-pyrrole nitrogens is 1. The van der Waals surface area contributed by atoms with E-state index in [2.05, 4.69) is 20.0 Å². The molecule has 1 amide bonds. The Balaban J connectivity index is 1.81. The fraction of sp³-hybridized carbons (Fsp3) is 0.0667. The number of amides is 1. The SMILES string of the molecule is O=C(Nc1c[nH]c2cc(F)c(F)cc12)c1ccc(OC(F)F)cn1. The molecule has 2 heterocycles. The first kappa shape index (κ1) is 15.8. The Labute approximate surface area is 132 Å². The molecular weight excluding hydrogens is 330 g/mol. The van der Waals surface area contributed by atoms with Gasteiger partial charge in [0.1, 0.15) is 11.4 Å². The Morgan fingerprint density at radius 1 is 1.21 bits per heavy atom. The van der Waals surface area contributed by atoms with Gasteiger partial charge in [-0.15, -0.1) is 0 Å². The van der Waals surface area contributed by atoms with Crippen LogP contribution >= 0.6 is 0 Å². The number of fused-ring (bicyclic) bond motifs is 1. The van der Waals surface area contributed by atoms with Gasteiger partial charge in [-0.25, -0.2) is 13.8 Å². The van der Waals surface area contributed by atoms with Gasteiger partial charge in [0.05, 0.1) is 17.4 Å². The molecule has 0 spiro atoms. The molecule has 0 bridgehead atoms. The number of rotatable bonds is 4. The van der Waals surface area contributed by atoms with Crippen molar-refractivity contribution in [3.8, 4) is 5.75 Å². The number of pyridine rings is 1. The number of aromatic amines is 1. The van der Waals surface area contributed by atoms with Gasteiger partial charge in [-0.1, -0.05) is 0 Å². The predicted octanol–water partition coefficient (Wildman–Crippen LogP) is 3.69. The van der Waals surface area contributed by atoms with Gasteiger partial charge in [-0.2, -0.15) is 8.78 Å². The molecule has 9 heteroatoms. The number of carbonyl (C=O) groups is 1. The Kier molecular flexibility index (Phi) is 4.07. The molecule has 5 nitrogen and oxygen atoms in total. The Bertz CT molecular complexity index is 894. The highest BCUT2D eigenvalue weighted by molar-refractivity contribution is 6.08. The Hall–Kier alpha value is -3.10. The fourth-order valence-corrected chi connectivity index (χ4v) is 2.09. The van der Waals surface area contributed by atoms with Crippen molar-refractivity contribution in [1.82, 2.24) is 9.97 Å². The molecule has 0 unspecified atom stereocenters. The summed E-state index contributed by atoms with van der Waals surface area (Å²) in [7, 11) is 0. The number of aromatic nitrogens is 2. The van der Waals surface area contributed by atoms with E-state index in [0.717, 1.165) is 18.3 Å². The number of ether oxygens (including phenoxy) is 1. The summed E-state index contributed by atoms with van der Waals surface area (Å²) in [5.41, 5.74) is 0.468. The van der Waals surface area contributed by atoms with Crippen LogP contribution in [0, 0.1) is 11.6 Å². The molecule has 24 heavy (non-hydrogen) atoms. The molecule has 0 saturated heterocycles. The van der Waals surface area contributed by atoms with Gasteiger partial charge in [0.15, 0.2) is 11.6 Å². The van der Waals surface area contributed by atoms with Crippen molar-refractivity contribution in [2.75, 3.05) is 5.32 Å². The quantitative estimate of drug-likeness (QED) is 0.713. The lowest BCUT2D eigenvalue weighted by atomic mass is 10.2. The van der Waals surface area contributed by atoms with Crippen LogP contribution in [0.2, 0.25) is 0 Å². The molecule has 0 saturated carbocycles. The fourth-order valence-electron chi connectivity index (χ4n) is 2.09. The van der Waals surface area contributed by atoms with Crippen molar-refractivity contribution >= 4 is 22.5 Å². The summed E-state index contributed by atoms with van der Waals surface area (Å²) in [6, 6.07) is 4.28. The summed E-state index contributed by atoms with van der Waals surface area (Å²) < 4.78 is 54.7. The van der Waals surface area contributed by atoms with Crippen LogP contribution in [0.15, 0.2) is 36.7 Å². The van der Waals surface area contributed by atoms with Crippen molar-refractivity contribution in [1.29, 1.82) is 0 Å². The van der Waals surface area contributed by atoms with E-state index in [0.29, 0.717) is 5.52 Å². The second-order valence-electron chi connectivity index (χ2n) is 4.73. The minimum Gasteiger partial charge on any atom is -0.433 e. The van der Waals surface area contributed by atoms with Crippen molar-refractivity contribution in [2.24, 2.45) is 0 Å². The third-order valence-electron chi connectivity index (χ3n) is 3.16. The zero-order chi connectivity index (χ0) is 17.3. The first-order chi connectivity index (χ1) is 11.4. The van der Waals surface area contributed by atoms with Crippen LogP contribution in [0.25, 0.3) is 10.9 Å². The average molecular weight is 339 g/mol. The maximum atomic E-state index is 13.3. The van der Waals surface area contributed by atoms with Crippen molar-refractivity contribution in [3.05, 3.63) is 54.0 Å². The van der Waals surface area contributed by atoms with Crippen LogP contribution in [0.4, 0.5) is 23.2 Å². The number of hydrogen-bond donors (Lipinski definition) is 2. The highest BCUT2D eigenvalue weighted by Crippen LogP contribution is 2.26. The van der Waals surface area contributed by atoms with Crippen LogP contribution in [0.3, 0.4) is 0 Å². The Morgan fingerprint density at radius 3 is 2.62 bits per heavy atom. The normalized spacial score (nSPS) is 11.0. The van der Waals surface area contributed by atoms with Gasteiger partial charge < -0.3 is 15.0 Å². The number of alkyl halides is 2. The lowest BCUT2D eigenvalue weighted by Gasteiger charge is -2.06. The van der Waals surface area contributed by atoms with Crippen LogP contribution in [0.1, 0.15) is 10.5 Å². The maximum absolute atomic E-state index is 13.3. The van der Waals surface area contributed by atoms with Gasteiger partial charge in [-0.3, -0.25) is 4.79 Å². The number of nitrogens with zero attached hydrogens (tertiary/aromatic N) is 1. The largest absolute Gasteiger partial charge is 0.433 e. The number of hydrogen-bond acceptors (Lipinski definition) is 3. The zero-order valence-electron chi connectivity index (χ0n) is 11.8. The smallest absolute Gasteiger partial charge is 0.387 e. The highest BCUT2D eigenvalue weighted by atomic mass is 19.3. The van der Waals surface area contributed by atoms with E-state index in [4.69, 9.17) is 0 Å². The topological polar surface area (TPSA) is 67.0 Å². The molecule has 124 valence electrons. The molecule has 0 aliphatic carbocycles. The number of halogens is 4. The molecule has 2 aromatic heterocycles. The molecule has 3 rings (SSSR count). The minimum absolute atomic E-state index is 0.0615. The summed E-state index contributed by atoms with van der Waals surface area (Å²) in [4.78, 5) is 18.5. The number of benzene rings is 1. The molecule has 0 aliphatic rings. The van der Waals surface area contributed by atoms with Gasteiger partial charge in [-0.05, 0) is 18.2 Å². The summed E-state index contributed by atoms with van der Waals surface area (Å²) in [6.07, 6.45) is 2.35. The zero-order valence-corrected chi connectivity index (χ0v) is 11.8. The van der Waals surface area contributed by atoms with E-state index < -0.39 is 24.2 Å². The van der Waals surface area contributed by atoms with E-state index in [1.807, 2.05) is 0 Å². The van der Waals surface area contributed by atoms with Gasteiger partial charge in [0, 0.05) is 17.6 Å². The number of nitrogens with one attached hydrogen (secondary N) is 2. The molecule has 2 N–H and O–H groups in total. The summed E-state index contributed by atoms with van der Waals surface area (Å²) >= 11 is 0. The number of carbonyl (C=O) groups excluding carboxylic acids is 1. The van der Waals surface area contributed by atoms with Gasteiger partial charge >= 0.3 is 6.61 Å². The Morgan fingerprint density at radius 2 is 1.96 bits per heavy atom. The molecular formula is C15H9F4N3O2. The van der Waals surface area contributed by atoms with Crippen LogP contribution < -0.4 is 10.1 Å². The minimum atomic E-state index is -2.99. The van der Waals surface area contributed by atoms with Crippen molar-refractivity contribution in [2.45, 2.75) is 6.61 Å². The monoisotopic (exact) mass is 339 g/mol. The highest BCUT2D eigenvalue weighted by Gasteiger charge is 2.14. The van der Waals surface area contributed by atoms with Crippen molar-refractivity contribution < 1.29 is 27.1 Å². The second-order valence-corrected chi connectivity index (χ2v) is 4.73. The van der Waals surface area contributed by atoms with Crippen LogP contribution in [0.5, 0.6) is 5.75 Å². The summed E-state index contributed by atoms with van der Waals surface area (Å²) in [5.74, 6) is -2.90. The summed E-state index contributed by atoms with van der Waals surface area (Å²) in [6.45, 7) is -2.99. The molecule has 1 aromatic carbocycles. The standard InChI is InChI=1S/C15H9F4N3O2/c16-9-3-8-12(4-10(9)17)21-6-13(8)22-14(23)11-2-1-7(5-20-11)24-15(18)19/h1-6,15,21H,(H,22,23). The van der Waals surface area contributed by atoms with Gasteiger partial charge in [0.25, 0.3) is 5.91 Å². The summed E-state index contributed by atoms with van der Waals surface area (Å²) in [5, 5.41) is 2.76. The third kappa shape index (κ3) is 3.14. The average Bonchev–Trinajstić information content (AvgIpc) is 2.90. The van der Waals surface area contributed by atoms with Crippen LogP contribution in [-0.2, 0) is 0 Å². The molecule has 3 aromatic rings.